The van der Waals surface area contributed by atoms with Gasteiger partial charge in [0.05, 0.1) is 4.90 Å². The number of sulfonamides is 1. The van der Waals surface area contributed by atoms with Crippen LogP contribution in [0.4, 0.5) is 10.1 Å². The molecule has 2 aromatic carbocycles. The van der Waals surface area contributed by atoms with Crippen molar-refractivity contribution < 1.29 is 12.8 Å². The first-order chi connectivity index (χ1) is 11.0. The molecule has 0 aliphatic rings. The molecule has 0 saturated carbocycles. The molecule has 0 fully saturated rings. The molecule has 7 heteroatoms. The van der Waals surface area contributed by atoms with Gasteiger partial charge in [-0.05, 0) is 42.8 Å². The Balaban J connectivity index is 1.91. The summed E-state index contributed by atoms with van der Waals surface area (Å²) in [6.45, 7) is 1.52. The molecule has 1 aromatic heterocycles. The van der Waals surface area contributed by atoms with Crippen molar-refractivity contribution in [2.24, 2.45) is 0 Å². The van der Waals surface area contributed by atoms with Crippen LogP contribution < -0.4 is 4.72 Å². The third-order valence-electron chi connectivity index (χ3n) is 3.33. The van der Waals surface area contributed by atoms with E-state index >= 15 is 0 Å². The molecule has 0 radical (unpaired) electrons. The maximum absolute atomic E-state index is 13.3. The van der Waals surface area contributed by atoms with Crippen LogP contribution in [0.2, 0.25) is 0 Å². The van der Waals surface area contributed by atoms with Gasteiger partial charge in [0.1, 0.15) is 11.6 Å². The van der Waals surface area contributed by atoms with Gasteiger partial charge in [0.15, 0.2) is 0 Å². The maximum Gasteiger partial charge on any atom is 0.261 e. The van der Waals surface area contributed by atoms with Crippen LogP contribution in [-0.2, 0) is 10.0 Å². The fourth-order valence-corrected chi connectivity index (χ4v) is 3.29. The smallest absolute Gasteiger partial charge is 0.261 e. The molecule has 0 spiro atoms. The molecular formula is C16H14FN3O2S. The topological polar surface area (TPSA) is 74.8 Å². The quantitative estimate of drug-likeness (QED) is 0.770. The van der Waals surface area contributed by atoms with E-state index in [4.69, 9.17) is 0 Å². The summed E-state index contributed by atoms with van der Waals surface area (Å²) in [5.41, 5.74) is 1.43. The molecule has 1 heterocycles. The van der Waals surface area contributed by atoms with Gasteiger partial charge >= 0.3 is 0 Å². The summed E-state index contributed by atoms with van der Waals surface area (Å²) in [6, 6.07) is 10.5. The standard InChI is InChI=1S/C16H14FN3O2S/c1-11-9-14(5-6-15(11)17)23(21,22)20-13-4-2-3-12(10-13)16-18-7-8-19-16/h2-10,20H,1H3,(H,18,19). The number of rotatable bonds is 4. The van der Waals surface area contributed by atoms with E-state index < -0.39 is 15.8 Å². The lowest BCUT2D eigenvalue weighted by Gasteiger charge is -2.10. The van der Waals surface area contributed by atoms with Gasteiger partial charge in [-0.2, -0.15) is 0 Å². The van der Waals surface area contributed by atoms with Gasteiger partial charge in [0.2, 0.25) is 0 Å². The normalized spacial score (nSPS) is 11.4. The fraction of sp³-hybridized carbons (Fsp3) is 0.0625. The average Bonchev–Trinajstić information content (AvgIpc) is 3.04. The summed E-state index contributed by atoms with van der Waals surface area (Å²) in [7, 11) is -3.79. The van der Waals surface area contributed by atoms with Gasteiger partial charge in [-0.15, -0.1) is 0 Å². The molecule has 0 aliphatic carbocycles. The highest BCUT2D eigenvalue weighted by Crippen LogP contribution is 2.22. The zero-order valence-corrected chi connectivity index (χ0v) is 13.1. The molecule has 0 bridgehead atoms. The Kier molecular flexibility index (Phi) is 3.87. The number of aromatic nitrogens is 2. The largest absolute Gasteiger partial charge is 0.345 e. The van der Waals surface area contributed by atoms with Crippen molar-refractivity contribution in [1.82, 2.24) is 9.97 Å². The fourth-order valence-electron chi connectivity index (χ4n) is 2.15. The molecule has 3 rings (SSSR count). The van der Waals surface area contributed by atoms with Crippen LogP contribution in [0.3, 0.4) is 0 Å². The van der Waals surface area contributed by atoms with Crippen molar-refractivity contribution in [2.75, 3.05) is 4.72 Å². The minimum absolute atomic E-state index is 0.0137. The molecule has 118 valence electrons. The van der Waals surface area contributed by atoms with E-state index in [2.05, 4.69) is 14.7 Å². The van der Waals surface area contributed by atoms with Crippen LogP contribution in [0, 0.1) is 12.7 Å². The predicted molar refractivity (Wildman–Crippen MR) is 86.0 cm³/mol. The van der Waals surface area contributed by atoms with Crippen molar-refractivity contribution in [1.29, 1.82) is 0 Å². The van der Waals surface area contributed by atoms with Crippen molar-refractivity contribution in [3.63, 3.8) is 0 Å². The number of benzene rings is 2. The number of nitrogens with zero attached hydrogens (tertiary/aromatic N) is 1. The van der Waals surface area contributed by atoms with Crippen LogP contribution in [0.5, 0.6) is 0 Å². The highest BCUT2D eigenvalue weighted by Gasteiger charge is 2.16. The maximum atomic E-state index is 13.3. The van der Waals surface area contributed by atoms with Crippen molar-refractivity contribution >= 4 is 15.7 Å². The zero-order chi connectivity index (χ0) is 16.4. The molecule has 0 saturated heterocycles. The second-order valence-corrected chi connectivity index (χ2v) is 6.72. The first-order valence-electron chi connectivity index (χ1n) is 6.84. The number of imidazole rings is 1. The van der Waals surface area contributed by atoms with Crippen LogP contribution in [0.1, 0.15) is 5.56 Å². The number of hydrogen-bond acceptors (Lipinski definition) is 3. The first-order valence-corrected chi connectivity index (χ1v) is 8.33. The third-order valence-corrected chi connectivity index (χ3v) is 4.71. The molecule has 0 amide bonds. The zero-order valence-electron chi connectivity index (χ0n) is 12.2. The van der Waals surface area contributed by atoms with Crippen LogP contribution >= 0.6 is 0 Å². The SMILES string of the molecule is Cc1cc(S(=O)(=O)Nc2cccc(-c3ncc[nH]3)c2)ccc1F. The van der Waals surface area contributed by atoms with Crippen molar-refractivity contribution in [2.45, 2.75) is 11.8 Å². The van der Waals surface area contributed by atoms with Gasteiger partial charge in [-0.25, -0.2) is 17.8 Å². The van der Waals surface area contributed by atoms with Crippen LogP contribution in [0.25, 0.3) is 11.4 Å². The number of anilines is 1. The Morgan fingerprint density at radius 1 is 1.17 bits per heavy atom. The molecular weight excluding hydrogens is 317 g/mol. The number of aryl methyl sites for hydroxylation is 1. The van der Waals surface area contributed by atoms with Gasteiger partial charge in [0.25, 0.3) is 10.0 Å². The lowest BCUT2D eigenvalue weighted by molar-refractivity contribution is 0.598. The van der Waals surface area contributed by atoms with Gasteiger partial charge < -0.3 is 4.98 Å². The van der Waals surface area contributed by atoms with Gasteiger partial charge in [-0.3, -0.25) is 4.72 Å². The van der Waals surface area contributed by atoms with E-state index in [0.717, 1.165) is 11.6 Å². The summed E-state index contributed by atoms with van der Waals surface area (Å²) in [4.78, 5) is 7.10. The molecule has 0 atom stereocenters. The molecule has 2 N–H and O–H groups in total. The Morgan fingerprint density at radius 2 is 2.00 bits per heavy atom. The predicted octanol–water partition coefficient (Wildman–Crippen LogP) is 3.33. The summed E-state index contributed by atoms with van der Waals surface area (Å²) < 4.78 is 40.6. The molecule has 0 aliphatic heterocycles. The van der Waals surface area contributed by atoms with E-state index in [0.29, 0.717) is 11.5 Å². The molecule has 3 aromatic rings. The number of halogens is 1. The van der Waals surface area contributed by atoms with Crippen molar-refractivity contribution in [3.8, 4) is 11.4 Å². The molecule has 0 unspecified atom stereocenters. The minimum Gasteiger partial charge on any atom is -0.345 e. The van der Waals surface area contributed by atoms with Gasteiger partial charge in [-0.1, -0.05) is 12.1 Å². The van der Waals surface area contributed by atoms with E-state index in [9.17, 15) is 12.8 Å². The number of H-pyrrole nitrogens is 1. The summed E-state index contributed by atoms with van der Waals surface area (Å²) in [5.74, 6) is 0.201. The average molecular weight is 331 g/mol. The van der Waals surface area contributed by atoms with E-state index in [1.54, 1.807) is 30.6 Å². The first kappa shape index (κ1) is 15.2. The highest BCUT2D eigenvalue weighted by atomic mass is 32.2. The third kappa shape index (κ3) is 3.24. The van der Waals surface area contributed by atoms with Crippen LogP contribution in [-0.4, -0.2) is 18.4 Å². The second-order valence-electron chi connectivity index (χ2n) is 5.04. The Bertz CT molecular complexity index is 938. The Hall–Kier alpha value is -2.67. The number of hydrogen-bond donors (Lipinski definition) is 2. The summed E-state index contributed by atoms with van der Waals surface area (Å²) in [6.07, 6.45) is 3.31. The summed E-state index contributed by atoms with van der Waals surface area (Å²) in [5, 5.41) is 0. The molecule has 5 nitrogen and oxygen atoms in total. The lowest BCUT2D eigenvalue weighted by Crippen LogP contribution is -2.13. The Morgan fingerprint density at radius 3 is 2.70 bits per heavy atom. The summed E-state index contributed by atoms with van der Waals surface area (Å²) >= 11 is 0. The van der Waals surface area contributed by atoms with Crippen molar-refractivity contribution in [3.05, 3.63) is 66.2 Å². The monoisotopic (exact) mass is 331 g/mol. The Labute approximate surface area is 133 Å². The lowest BCUT2D eigenvalue weighted by atomic mass is 10.2. The van der Waals surface area contributed by atoms with Gasteiger partial charge in [0, 0.05) is 23.6 Å². The highest BCUT2D eigenvalue weighted by molar-refractivity contribution is 7.92. The second kappa shape index (κ2) is 5.85. The number of aromatic amines is 1. The minimum atomic E-state index is -3.79. The van der Waals surface area contributed by atoms with E-state index in [1.165, 1.54) is 19.1 Å². The molecule has 23 heavy (non-hydrogen) atoms. The van der Waals surface area contributed by atoms with E-state index in [1.807, 2.05) is 6.07 Å². The van der Waals surface area contributed by atoms with Crippen LogP contribution in [0.15, 0.2) is 59.8 Å². The van der Waals surface area contributed by atoms with E-state index in [-0.39, 0.29) is 10.5 Å². The number of nitrogens with one attached hydrogen (secondary N) is 2.